The number of thioether (sulfide) groups is 2. The molecule has 84 valence electrons. The Labute approximate surface area is 107 Å². The van der Waals surface area contributed by atoms with E-state index in [0.29, 0.717) is 0 Å². The molecule has 0 amide bonds. The molecule has 0 aliphatic rings. The van der Waals surface area contributed by atoms with Crippen molar-refractivity contribution in [2.24, 2.45) is 0 Å². The van der Waals surface area contributed by atoms with Gasteiger partial charge in [-0.25, -0.2) is 0 Å². The van der Waals surface area contributed by atoms with Gasteiger partial charge in [-0.1, -0.05) is 54.6 Å². The van der Waals surface area contributed by atoms with Crippen LogP contribution in [0.1, 0.15) is 5.56 Å². The van der Waals surface area contributed by atoms with Gasteiger partial charge in [0.05, 0.1) is 0 Å². The summed E-state index contributed by atoms with van der Waals surface area (Å²) in [6.07, 6.45) is 14.6. The standard InChI is InChI=1S/C14H16S2/c1-15-14(16-2)12-8-4-7-11-13-9-5-3-6-10-13/h3-12H,1-2H3/b8-4+,11-7+. The van der Waals surface area contributed by atoms with Crippen LogP contribution in [0.2, 0.25) is 0 Å². The molecule has 0 nitrogen and oxygen atoms in total. The maximum Gasteiger partial charge on any atom is 0.0395 e. The van der Waals surface area contributed by atoms with Crippen LogP contribution in [-0.4, -0.2) is 12.5 Å². The fourth-order valence-electron chi connectivity index (χ4n) is 1.15. The van der Waals surface area contributed by atoms with Gasteiger partial charge in [-0.15, -0.1) is 23.5 Å². The zero-order valence-corrected chi connectivity index (χ0v) is 11.2. The lowest BCUT2D eigenvalue weighted by Crippen LogP contribution is -1.66. The van der Waals surface area contributed by atoms with E-state index in [1.807, 2.05) is 18.2 Å². The lowest BCUT2D eigenvalue weighted by atomic mass is 10.2. The highest BCUT2D eigenvalue weighted by molar-refractivity contribution is 8.21. The molecule has 0 N–H and O–H groups in total. The van der Waals surface area contributed by atoms with Crippen LogP contribution in [0.5, 0.6) is 0 Å². The minimum atomic E-state index is 1.23. The Kier molecular flexibility index (Phi) is 6.86. The first-order valence-corrected chi connectivity index (χ1v) is 7.50. The second-order valence-corrected chi connectivity index (χ2v) is 5.00. The zero-order valence-electron chi connectivity index (χ0n) is 9.59. The summed E-state index contributed by atoms with van der Waals surface area (Å²) in [7, 11) is 0. The summed E-state index contributed by atoms with van der Waals surface area (Å²) in [5.41, 5.74) is 1.23. The van der Waals surface area contributed by atoms with E-state index in [-0.39, 0.29) is 0 Å². The molecular weight excluding hydrogens is 232 g/mol. The van der Waals surface area contributed by atoms with Crippen molar-refractivity contribution in [3.8, 4) is 0 Å². The Morgan fingerprint density at radius 1 is 0.938 bits per heavy atom. The largest absolute Gasteiger partial charge is 0.123 e. The lowest BCUT2D eigenvalue weighted by molar-refractivity contribution is 1.66. The van der Waals surface area contributed by atoms with Crippen LogP contribution in [0.3, 0.4) is 0 Å². The summed E-state index contributed by atoms with van der Waals surface area (Å²) in [5.74, 6) is 0. The summed E-state index contributed by atoms with van der Waals surface area (Å²) in [6, 6.07) is 10.3. The Bertz CT molecular complexity index is 369. The Hall–Kier alpha value is -0.860. The van der Waals surface area contributed by atoms with Crippen LogP contribution in [0.25, 0.3) is 6.08 Å². The van der Waals surface area contributed by atoms with Crippen LogP contribution in [0.4, 0.5) is 0 Å². The molecule has 0 bridgehead atoms. The number of benzene rings is 1. The average Bonchev–Trinajstić information content (AvgIpc) is 2.35. The van der Waals surface area contributed by atoms with Gasteiger partial charge in [0.1, 0.15) is 0 Å². The van der Waals surface area contributed by atoms with E-state index in [1.54, 1.807) is 23.5 Å². The monoisotopic (exact) mass is 248 g/mol. The molecule has 0 saturated carbocycles. The van der Waals surface area contributed by atoms with Gasteiger partial charge in [-0.2, -0.15) is 0 Å². The second-order valence-electron chi connectivity index (χ2n) is 3.05. The highest BCUT2D eigenvalue weighted by Crippen LogP contribution is 2.22. The number of allylic oxidation sites excluding steroid dienone is 4. The molecule has 2 heteroatoms. The molecule has 0 fully saturated rings. The van der Waals surface area contributed by atoms with E-state index in [4.69, 9.17) is 0 Å². The molecule has 0 aromatic heterocycles. The maximum atomic E-state index is 2.13. The number of rotatable bonds is 5. The molecule has 0 saturated heterocycles. The summed E-state index contributed by atoms with van der Waals surface area (Å²) in [4.78, 5) is 0. The van der Waals surface area contributed by atoms with Crippen LogP contribution < -0.4 is 0 Å². The van der Waals surface area contributed by atoms with Crippen molar-refractivity contribution in [2.45, 2.75) is 0 Å². The van der Waals surface area contributed by atoms with E-state index in [0.717, 1.165) is 0 Å². The average molecular weight is 248 g/mol. The van der Waals surface area contributed by atoms with Crippen LogP contribution in [0.15, 0.2) is 58.9 Å². The molecule has 0 unspecified atom stereocenters. The van der Waals surface area contributed by atoms with Gasteiger partial charge in [0.25, 0.3) is 0 Å². The van der Waals surface area contributed by atoms with E-state index in [2.05, 4.69) is 55.0 Å². The Balaban J connectivity index is 2.48. The fourth-order valence-corrected chi connectivity index (χ4v) is 2.24. The molecule has 0 atom stereocenters. The molecule has 0 heterocycles. The van der Waals surface area contributed by atoms with E-state index in [1.165, 1.54) is 9.80 Å². The van der Waals surface area contributed by atoms with E-state index < -0.39 is 0 Å². The van der Waals surface area contributed by atoms with Crippen molar-refractivity contribution in [1.29, 1.82) is 0 Å². The molecule has 1 aromatic rings. The predicted molar refractivity (Wildman–Crippen MR) is 79.7 cm³/mol. The third kappa shape index (κ3) is 5.29. The third-order valence-electron chi connectivity index (χ3n) is 1.95. The normalized spacial score (nSPS) is 11.1. The highest BCUT2D eigenvalue weighted by atomic mass is 32.2. The van der Waals surface area contributed by atoms with Crippen molar-refractivity contribution >= 4 is 29.6 Å². The van der Waals surface area contributed by atoms with Crippen molar-refractivity contribution in [3.05, 3.63) is 64.4 Å². The van der Waals surface area contributed by atoms with Crippen molar-refractivity contribution in [2.75, 3.05) is 12.5 Å². The lowest BCUT2D eigenvalue weighted by Gasteiger charge is -1.93. The van der Waals surface area contributed by atoms with Gasteiger partial charge in [0.2, 0.25) is 0 Å². The highest BCUT2D eigenvalue weighted by Gasteiger charge is 1.86. The SMILES string of the molecule is CSC(=C/C=C/C=C/c1ccccc1)SC. The predicted octanol–water partition coefficient (Wildman–Crippen LogP) is 4.82. The minimum Gasteiger partial charge on any atom is -0.123 e. The Morgan fingerprint density at radius 3 is 2.25 bits per heavy atom. The summed E-state index contributed by atoms with van der Waals surface area (Å²) in [5, 5.41) is 0. The minimum absolute atomic E-state index is 1.23. The van der Waals surface area contributed by atoms with Crippen LogP contribution >= 0.6 is 23.5 Å². The molecule has 1 aromatic carbocycles. The molecule has 1 rings (SSSR count). The van der Waals surface area contributed by atoms with Crippen molar-refractivity contribution in [3.63, 3.8) is 0 Å². The van der Waals surface area contributed by atoms with Crippen molar-refractivity contribution < 1.29 is 0 Å². The van der Waals surface area contributed by atoms with Gasteiger partial charge in [0, 0.05) is 4.24 Å². The molecule has 0 spiro atoms. The molecule has 0 radical (unpaired) electrons. The van der Waals surface area contributed by atoms with Gasteiger partial charge in [0.15, 0.2) is 0 Å². The summed E-state index contributed by atoms with van der Waals surface area (Å²) in [6.45, 7) is 0. The topological polar surface area (TPSA) is 0 Å². The first-order chi connectivity index (χ1) is 7.86. The van der Waals surface area contributed by atoms with Crippen LogP contribution in [0, 0.1) is 0 Å². The maximum absolute atomic E-state index is 2.13. The smallest absolute Gasteiger partial charge is 0.0395 e. The van der Waals surface area contributed by atoms with Gasteiger partial charge in [-0.05, 0) is 24.2 Å². The van der Waals surface area contributed by atoms with Gasteiger partial charge < -0.3 is 0 Å². The van der Waals surface area contributed by atoms with E-state index >= 15 is 0 Å². The number of hydrogen-bond donors (Lipinski definition) is 0. The summed E-state index contributed by atoms with van der Waals surface area (Å²) < 4.78 is 1.32. The van der Waals surface area contributed by atoms with Crippen LogP contribution in [-0.2, 0) is 0 Å². The molecule has 16 heavy (non-hydrogen) atoms. The quantitative estimate of drug-likeness (QED) is 0.685. The first-order valence-electron chi connectivity index (χ1n) is 5.05. The molecular formula is C14H16S2. The fraction of sp³-hybridized carbons (Fsp3) is 0.143. The van der Waals surface area contributed by atoms with E-state index in [9.17, 15) is 0 Å². The molecule has 0 aliphatic heterocycles. The number of hydrogen-bond acceptors (Lipinski definition) is 2. The van der Waals surface area contributed by atoms with Crippen molar-refractivity contribution in [1.82, 2.24) is 0 Å². The third-order valence-corrected chi connectivity index (χ3v) is 4.02. The first kappa shape index (κ1) is 13.2. The molecule has 0 aliphatic carbocycles. The zero-order chi connectivity index (χ0) is 11.6. The Morgan fingerprint density at radius 2 is 1.62 bits per heavy atom. The van der Waals surface area contributed by atoms with Gasteiger partial charge in [-0.3, -0.25) is 0 Å². The second kappa shape index (κ2) is 8.31. The summed E-state index contributed by atoms with van der Waals surface area (Å²) >= 11 is 3.55. The van der Waals surface area contributed by atoms with Gasteiger partial charge >= 0.3 is 0 Å².